The van der Waals surface area contributed by atoms with E-state index in [0.717, 1.165) is 19.4 Å². The molecule has 0 saturated heterocycles. The van der Waals surface area contributed by atoms with Crippen LogP contribution in [0.3, 0.4) is 0 Å². The Kier molecular flexibility index (Phi) is 6.24. The zero-order chi connectivity index (χ0) is 10.3. The first-order valence-electron chi connectivity index (χ1n) is 4.69. The lowest BCUT2D eigenvalue weighted by Crippen LogP contribution is -2.35. The molecule has 76 valence electrons. The minimum Gasteiger partial charge on any atom is -0.345 e. The monoisotopic (exact) mass is 184 g/mol. The van der Waals surface area contributed by atoms with Crippen LogP contribution in [-0.4, -0.2) is 30.9 Å². The standard InChI is InChI=1S/C10H20N2O/c1-4-5-6-7-12(3)10(13)9(2)8-11/h4,9H,1,5-8,11H2,2-3H3. The summed E-state index contributed by atoms with van der Waals surface area (Å²) in [5, 5.41) is 0. The summed E-state index contributed by atoms with van der Waals surface area (Å²) in [7, 11) is 1.82. The predicted octanol–water partition coefficient (Wildman–Crippen LogP) is 1.01. The van der Waals surface area contributed by atoms with Crippen LogP contribution in [-0.2, 0) is 4.79 Å². The fourth-order valence-electron chi connectivity index (χ4n) is 1.06. The van der Waals surface area contributed by atoms with E-state index in [4.69, 9.17) is 5.73 Å². The summed E-state index contributed by atoms with van der Waals surface area (Å²) in [6.07, 6.45) is 3.79. The van der Waals surface area contributed by atoms with Crippen molar-refractivity contribution in [3.8, 4) is 0 Å². The molecule has 1 atom stereocenters. The molecule has 0 aliphatic rings. The SMILES string of the molecule is C=CCCCN(C)C(=O)C(C)CN. The summed E-state index contributed by atoms with van der Waals surface area (Å²) in [6, 6.07) is 0. The fourth-order valence-corrected chi connectivity index (χ4v) is 1.06. The van der Waals surface area contributed by atoms with Gasteiger partial charge < -0.3 is 10.6 Å². The third kappa shape index (κ3) is 4.68. The minimum absolute atomic E-state index is 0.0614. The first kappa shape index (κ1) is 12.2. The van der Waals surface area contributed by atoms with Crippen LogP contribution in [0.25, 0.3) is 0 Å². The number of nitrogens with two attached hydrogens (primary N) is 1. The van der Waals surface area contributed by atoms with Crippen LogP contribution in [0.5, 0.6) is 0 Å². The van der Waals surface area contributed by atoms with E-state index in [1.807, 2.05) is 20.0 Å². The maximum Gasteiger partial charge on any atom is 0.226 e. The van der Waals surface area contributed by atoms with Crippen LogP contribution in [0.15, 0.2) is 12.7 Å². The summed E-state index contributed by atoms with van der Waals surface area (Å²) < 4.78 is 0. The van der Waals surface area contributed by atoms with Crippen molar-refractivity contribution in [1.29, 1.82) is 0 Å². The second-order valence-corrected chi connectivity index (χ2v) is 3.33. The highest BCUT2D eigenvalue weighted by atomic mass is 16.2. The number of hydrogen-bond donors (Lipinski definition) is 1. The number of amides is 1. The zero-order valence-electron chi connectivity index (χ0n) is 8.62. The summed E-state index contributed by atoms with van der Waals surface area (Å²) in [6.45, 7) is 6.69. The van der Waals surface area contributed by atoms with Crippen molar-refractivity contribution >= 4 is 5.91 Å². The normalized spacial score (nSPS) is 12.2. The van der Waals surface area contributed by atoms with Gasteiger partial charge in [0, 0.05) is 26.1 Å². The van der Waals surface area contributed by atoms with E-state index in [2.05, 4.69) is 6.58 Å². The van der Waals surface area contributed by atoms with Gasteiger partial charge in [-0.2, -0.15) is 0 Å². The summed E-state index contributed by atoms with van der Waals surface area (Å²) in [5.74, 6) is 0.0697. The number of allylic oxidation sites excluding steroid dienone is 1. The van der Waals surface area contributed by atoms with Crippen LogP contribution in [0.1, 0.15) is 19.8 Å². The zero-order valence-corrected chi connectivity index (χ0v) is 8.62. The smallest absolute Gasteiger partial charge is 0.226 e. The number of carbonyl (C=O) groups is 1. The number of hydrogen-bond acceptors (Lipinski definition) is 2. The van der Waals surface area contributed by atoms with Gasteiger partial charge in [0.05, 0.1) is 0 Å². The molecule has 0 saturated carbocycles. The predicted molar refractivity (Wildman–Crippen MR) is 55.3 cm³/mol. The molecule has 0 rings (SSSR count). The molecule has 0 aliphatic heterocycles. The highest BCUT2D eigenvalue weighted by Crippen LogP contribution is 2.00. The summed E-state index contributed by atoms with van der Waals surface area (Å²) in [4.78, 5) is 13.2. The molecule has 0 bridgehead atoms. The molecule has 0 aromatic carbocycles. The number of unbranched alkanes of at least 4 members (excludes halogenated alkanes) is 1. The largest absolute Gasteiger partial charge is 0.345 e. The molecule has 0 fully saturated rings. The lowest BCUT2D eigenvalue weighted by atomic mass is 10.1. The highest BCUT2D eigenvalue weighted by Gasteiger charge is 2.14. The van der Waals surface area contributed by atoms with Crippen LogP contribution < -0.4 is 5.73 Å². The van der Waals surface area contributed by atoms with Gasteiger partial charge in [-0.3, -0.25) is 4.79 Å². The van der Waals surface area contributed by atoms with Crippen molar-refractivity contribution in [2.75, 3.05) is 20.1 Å². The van der Waals surface area contributed by atoms with Gasteiger partial charge in [0.1, 0.15) is 0 Å². The number of carbonyl (C=O) groups excluding carboxylic acids is 1. The Bertz CT molecular complexity index is 168. The van der Waals surface area contributed by atoms with Crippen LogP contribution in [0.4, 0.5) is 0 Å². The molecular weight excluding hydrogens is 164 g/mol. The molecule has 3 nitrogen and oxygen atoms in total. The van der Waals surface area contributed by atoms with Gasteiger partial charge >= 0.3 is 0 Å². The molecule has 0 aromatic rings. The van der Waals surface area contributed by atoms with E-state index >= 15 is 0 Å². The Balaban J connectivity index is 3.75. The Morgan fingerprint density at radius 2 is 2.31 bits per heavy atom. The van der Waals surface area contributed by atoms with Gasteiger partial charge in [0.2, 0.25) is 5.91 Å². The van der Waals surface area contributed by atoms with Crippen molar-refractivity contribution in [2.24, 2.45) is 11.7 Å². The first-order valence-corrected chi connectivity index (χ1v) is 4.69. The lowest BCUT2D eigenvalue weighted by Gasteiger charge is -2.20. The van der Waals surface area contributed by atoms with Gasteiger partial charge in [0.25, 0.3) is 0 Å². The van der Waals surface area contributed by atoms with E-state index in [1.54, 1.807) is 4.90 Å². The van der Waals surface area contributed by atoms with Crippen molar-refractivity contribution in [3.63, 3.8) is 0 Å². The third-order valence-electron chi connectivity index (χ3n) is 2.05. The molecule has 0 aliphatic carbocycles. The molecule has 1 unspecified atom stereocenters. The van der Waals surface area contributed by atoms with Crippen LogP contribution in [0, 0.1) is 5.92 Å². The average molecular weight is 184 g/mol. The van der Waals surface area contributed by atoms with Crippen molar-refractivity contribution < 1.29 is 4.79 Å². The first-order chi connectivity index (χ1) is 6.13. The minimum atomic E-state index is -0.0614. The van der Waals surface area contributed by atoms with Gasteiger partial charge in [0.15, 0.2) is 0 Å². The molecule has 3 heteroatoms. The van der Waals surface area contributed by atoms with Crippen LogP contribution >= 0.6 is 0 Å². The molecule has 2 N–H and O–H groups in total. The second kappa shape index (κ2) is 6.66. The molecule has 0 aromatic heterocycles. The van der Waals surface area contributed by atoms with Gasteiger partial charge in [-0.1, -0.05) is 13.0 Å². The van der Waals surface area contributed by atoms with Crippen molar-refractivity contribution in [1.82, 2.24) is 4.90 Å². The Hall–Kier alpha value is -0.830. The van der Waals surface area contributed by atoms with E-state index in [0.29, 0.717) is 6.54 Å². The molecule has 13 heavy (non-hydrogen) atoms. The molecule has 0 heterocycles. The van der Waals surface area contributed by atoms with E-state index in [-0.39, 0.29) is 11.8 Å². The number of rotatable bonds is 6. The average Bonchev–Trinajstić information content (AvgIpc) is 2.15. The number of nitrogens with zero attached hydrogens (tertiary/aromatic N) is 1. The molecule has 0 spiro atoms. The topological polar surface area (TPSA) is 46.3 Å². The van der Waals surface area contributed by atoms with Crippen molar-refractivity contribution in [2.45, 2.75) is 19.8 Å². The molecular formula is C10H20N2O. The van der Waals surface area contributed by atoms with Crippen molar-refractivity contribution in [3.05, 3.63) is 12.7 Å². The maximum atomic E-state index is 11.5. The molecule has 0 radical (unpaired) electrons. The molecule has 1 amide bonds. The highest BCUT2D eigenvalue weighted by molar-refractivity contribution is 5.78. The maximum absolute atomic E-state index is 11.5. The van der Waals surface area contributed by atoms with Crippen LogP contribution in [0.2, 0.25) is 0 Å². The quantitative estimate of drug-likeness (QED) is 0.494. The van der Waals surface area contributed by atoms with E-state index in [1.165, 1.54) is 0 Å². The summed E-state index contributed by atoms with van der Waals surface area (Å²) in [5.41, 5.74) is 5.40. The van der Waals surface area contributed by atoms with E-state index < -0.39 is 0 Å². The van der Waals surface area contributed by atoms with Gasteiger partial charge in [-0.15, -0.1) is 6.58 Å². The third-order valence-corrected chi connectivity index (χ3v) is 2.05. The Morgan fingerprint density at radius 1 is 1.69 bits per heavy atom. The second-order valence-electron chi connectivity index (χ2n) is 3.33. The lowest BCUT2D eigenvalue weighted by molar-refractivity contribution is -0.133. The fraction of sp³-hybridized carbons (Fsp3) is 0.700. The summed E-state index contributed by atoms with van der Waals surface area (Å²) >= 11 is 0. The van der Waals surface area contributed by atoms with Gasteiger partial charge in [-0.25, -0.2) is 0 Å². The van der Waals surface area contributed by atoms with Gasteiger partial charge in [-0.05, 0) is 12.8 Å². The van der Waals surface area contributed by atoms with E-state index in [9.17, 15) is 4.79 Å². The Morgan fingerprint density at radius 3 is 2.77 bits per heavy atom. The Labute approximate surface area is 80.6 Å².